The molecule has 86 valence electrons. The van der Waals surface area contributed by atoms with Crippen molar-refractivity contribution in [1.29, 1.82) is 0 Å². The Labute approximate surface area is 91.7 Å². The van der Waals surface area contributed by atoms with E-state index in [0.29, 0.717) is 6.04 Å². The molecule has 0 aliphatic heterocycles. The highest BCUT2D eigenvalue weighted by Crippen LogP contribution is 2.00. The predicted octanol–water partition coefficient (Wildman–Crippen LogP) is 1.42. The van der Waals surface area contributed by atoms with Crippen LogP contribution in [0.25, 0.3) is 0 Å². The number of imidazole rings is 1. The summed E-state index contributed by atoms with van der Waals surface area (Å²) in [6, 6.07) is 0.426. The van der Waals surface area contributed by atoms with Crippen molar-refractivity contribution in [3.8, 4) is 0 Å². The first kappa shape index (κ1) is 12.2. The van der Waals surface area contributed by atoms with Crippen LogP contribution in [0.15, 0.2) is 12.5 Å². The van der Waals surface area contributed by atoms with Gasteiger partial charge in [-0.05, 0) is 13.3 Å². The van der Waals surface area contributed by atoms with E-state index in [4.69, 9.17) is 4.74 Å². The highest BCUT2D eigenvalue weighted by molar-refractivity contribution is 4.98. The van der Waals surface area contributed by atoms with Crippen LogP contribution in [0, 0.1) is 0 Å². The summed E-state index contributed by atoms with van der Waals surface area (Å²) >= 11 is 0. The number of rotatable bonds is 7. The summed E-state index contributed by atoms with van der Waals surface area (Å²) in [6.07, 6.45) is 4.86. The zero-order chi connectivity index (χ0) is 11.1. The zero-order valence-electron chi connectivity index (χ0n) is 9.86. The van der Waals surface area contributed by atoms with Crippen molar-refractivity contribution in [2.45, 2.75) is 39.4 Å². The second-order valence-electron chi connectivity index (χ2n) is 3.61. The number of aryl methyl sites for hydroxylation is 1. The SMILES string of the molecule is CCC(COC)NCc1cncn1CC. The molecule has 1 aromatic heterocycles. The van der Waals surface area contributed by atoms with Crippen molar-refractivity contribution in [3.63, 3.8) is 0 Å². The fourth-order valence-electron chi connectivity index (χ4n) is 1.55. The molecule has 0 fully saturated rings. The van der Waals surface area contributed by atoms with Crippen molar-refractivity contribution in [2.24, 2.45) is 0 Å². The van der Waals surface area contributed by atoms with Crippen LogP contribution in [-0.2, 0) is 17.8 Å². The Morgan fingerprint density at radius 2 is 2.33 bits per heavy atom. The number of nitrogens with zero attached hydrogens (tertiary/aromatic N) is 2. The van der Waals surface area contributed by atoms with Gasteiger partial charge in [0.15, 0.2) is 0 Å². The van der Waals surface area contributed by atoms with E-state index in [0.717, 1.165) is 26.1 Å². The number of aromatic nitrogens is 2. The number of hydrogen-bond acceptors (Lipinski definition) is 3. The van der Waals surface area contributed by atoms with Crippen LogP contribution in [0.2, 0.25) is 0 Å². The largest absolute Gasteiger partial charge is 0.383 e. The topological polar surface area (TPSA) is 39.1 Å². The normalized spacial score (nSPS) is 13.0. The van der Waals surface area contributed by atoms with Crippen molar-refractivity contribution in [3.05, 3.63) is 18.2 Å². The van der Waals surface area contributed by atoms with E-state index in [1.807, 2.05) is 12.5 Å². The molecule has 15 heavy (non-hydrogen) atoms. The Morgan fingerprint density at radius 1 is 1.53 bits per heavy atom. The molecule has 1 aromatic rings. The zero-order valence-corrected chi connectivity index (χ0v) is 9.86. The first-order valence-electron chi connectivity index (χ1n) is 5.53. The summed E-state index contributed by atoms with van der Waals surface area (Å²) in [5.74, 6) is 0. The molecule has 1 unspecified atom stereocenters. The van der Waals surface area contributed by atoms with Crippen LogP contribution < -0.4 is 5.32 Å². The van der Waals surface area contributed by atoms with Crippen molar-refractivity contribution in [1.82, 2.24) is 14.9 Å². The standard InChI is InChI=1S/C11H21N3O/c1-4-10(8-15-3)13-7-11-6-12-9-14(11)5-2/h6,9-10,13H,4-5,7-8H2,1-3H3. The number of methoxy groups -OCH3 is 1. The van der Waals surface area contributed by atoms with E-state index in [-0.39, 0.29) is 0 Å². The first-order valence-corrected chi connectivity index (χ1v) is 5.53. The molecule has 0 aromatic carbocycles. The first-order chi connectivity index (χ1) is 7.31. The maximum atomic E-state index is 5.14. The van der Waals surface area contributed by atoms with Crippen molar-refractivity contribution >= 4 is 0 Å². The van der Waals surface area contributed by atoms with E-state index < -0.39 is 0 Å². The van der Waals surface area contributed by atoms with Gasteiger partial charge in [-0.25, -0.2) is 4.98 Å². The smallest absolute Gasteiger partial charge is 0.0948 e. The third-order valence-corrected chi connectivity index (χ3v) is 2.57. The van der Waals surface area contributed by atoms with E-state index >= 15 is 0 Å². The van der Waals surface area contributed by atoms with Crippen LogP contribution in [0.1, 0.15) is 26.0 Å². The Kier molecular flexibility index (Phi) is 5.36. The summed E-state index contributed by atoms with van der Waals surface area (Å²) in [6.45, 7) is 6.87. The second kappa shape index (κ2) is 6.58. The van der Waals surface area contributed by atoms with Gasteiger partial charge in [-0.15, -0.1) is 0 Å². The molecule has 0 aliphatic rings. The molecular formula is C11H21N3O. The van der Waals surface area contributed by atoms with Gasteiger partial charge >= 0.3 is 0 Å². The number of ether oxygens (including phenoxy) is 1. The van der Waals surface area contributed by atoms with Crippen LogP contribution in [0.5, 0.6) is 0 Å². The van der Waals surface area contributed by atoms with E-state index in [9.17, 15) is 0 Å². The average molecular weight is 211 g/mol. The number of hydrogen-bond donors (Lipinski definition) is 1. The third kappa shape index (κ3) is 3.64. The minimum Gasteiger partial charge on any atom is -0.383 e. The van der Waals surface area contributed by atoms with Crippen LogP contribution >= 0.6 is 0 Å². The third-order valence-electron chi connectivity index (χ3n) is 2.57. The van der Waals surface area contributed by atoms with Gasteiger partial charge in [0.25, 0.3) is 0 Å². The van der Waals surface area contributed by atoms with Gasteiger partial charge < -0.3 is 14.6 Å². The van der Waals surface area contributed by atoms with Gasteiger partial charge in [0.2, 0.25) is 0 Å². The molecule has 0 bridgehead atoms. The summed E-state index contributed by atoms with van der Waals surface area (Å²) < 4.78 is 7.28. The molecule has 0 saturated heterocycles. The van der Waals surface area contributed by atoms with E-state index in [2.05, 4.69) is 28.7 Å². The minimum absolute atomic E-state index is 0.426. The number of nitrogens with one attached hydrogen (secondary N) is 1. The van der Waals surface area contributed by atoms with Gasteiger partial charge in [-0.2, -0.15) is 0 Å². The fraction of sp³-hybridized carbons (Fsp3) is 0.727. The molecule has 4 nitrogen and oxygen atoms in total. The lowest BCUT2D eigenvalue weighted by molar-refractivity contribution is 0.163. The molecule has 0 aliphatic carbocycles. The monoisotopic (exact) mass is 211 g/mol. The lowest BCUT2D eigenvalue weighted by atomic mass is 10.2. The summed E-state index contributed by atoms with van der Waals surface area (Å²) in [5, 5.41) is 3.46. The Hall–Kier alpha value is -0.870. The molecule has 1 N–H and O–H groups in total. The molecule has 0 spiro atoms. The van der Waals surface area contributed by atoms with Gasteiger partial charge in [-0.1, -0.05) is 6.92 Å². The minimum atomic E-state index is 0.426. The summed E-state index contributed by atoms with van der Waals surface area (Å²) in [5.41, 5.74) is 1.23. The maximum absolute atomic E-state index is 5.14. The molecule has 0 saturated carbocycles. The van der Waals surface area contributed by atoms with Crippen molar-refractivity contribution in [2.75, 3.05) is 13.7 Å². The van der Waals surface area contributed by atoms with E-state index in [1.54, 1.807) is 7.11 Å². The summed E-state index contributed by atoms with van der Waals surface area (Å²) in [7, 11) is 1.74. The predicted molar refractivity (Wildman–Crippen MR) is 60.7 cm³/mol. The Morgan fingerprint density at radius 3 is 2.93 bits per heavy atom. The molecule has 1 atom stereocenters. The van der Waals surface area contributed by atoms with Gasteiger partial charge in [0.05, 0.1) is 18.6 Å². The lowest BCUT2D eigenvalue weighted by Crippen LogP contribution is -2.32. The molecule has 1 rings (SSSR count). The summed E-state index contributed by atoms with van der Waals surface area (Å²) in [4.78, 5) is 4.13. The van der Waals surface area contributed by atoms with Gasteiger partial charge in [0.1, 0.15) is 0 Å². The molecular weight excluding hydrogens is 190 g/mol. The Balaban J connectivity index is 2.41. The average Bonchev–Trinajstić information content (AvgIpc) is 2.71. The van der Waals surface area contributed by atoms with E-state index in [1.165, 1.54) is 5.69 Å². The molecule has 4 heteroatoms. The quantitative estimate of drug-likeness (QED) is 0.741. The van der Waals surface area contributed by atoms with Gasteiger partial charge in [0, 0.05) is 32.4 Å². The Bertz CT molecular complexity index is 273. The van der Waals surface area contributed by atoms with Crippen LogP contribution in [-0.4, -0.2) is 29.3 Å². The van der Waals surface area contributed by atoms with Crippen molar-refractivity contribution < 1.29 is 4.74 Å². The fourth-order valence-corrected chi connectivity index (χ4v) is 1.55. The molecule has 1 heterocycles. The lowest BCUT2D eigenvalue weighted by Gasteiger charge is -2.16. The van der Waals surface area contributed by atoms with Crippen LogP contribution in [0.4, 0.5) is 0 Å². The highest BCUT2D eigenvalue weighted by atomic mass is 16.5. The van der Waals surface area contributed by atoms with Gasteiger partial charge in [-0.3, -0.25) is 0 Å². The molecule has 0 radical (unpaired) electrons. The second-order valence-corrected chi connectivity index (χ2v) is 3.61. The highest BCUT2D eigenvalue weighted by Gasteiger charge is 2.06. The molecule has 0 amide bonds. The van der Waals surface area contributed by atoms with Crippen LogP contribution in [0.3, 0.4) is 0 Å². The maximum Gasteiger partial charge on any atom is 0.0948 e.